The molecular weight excluding hydrogens is 494 g/mol. The third kappa shape index (κ3) is 5.91. The summed E-state index contributed by atoms with van der Waals surface area (Å²) in [5.74, 6) is 0.965. The number of pyridine rings is 1. The summed E-state index contributed by atoms with van der Waals surface area (Å²) in [6.07, 6.45) is 13.5. The van der Waals surface area contributed by atoms with Crippen LogP contribution in [0.1, 0.15) is 69.0 Å². The van der Waals surface area contributed by atoms with E-state index in [1.807, 2.05) is 30.5 Å². The van der Waals surface area contributed by atoms with Gasteiger partial charge in [0.2, 0.25) is 11.8 Å². The third-order valence-corrected chi connectivity index (χ3v) is 9.57. The van der Waals surface area contributed by atoms with Crippen molar-refractivity contribution in [2.24, 2.45) is 17.8 Å². The number of nitrogens with one attached hydrogen (secondary N) is 3. The summed E-state index contributed by atoms with van der Waals surface area (Å²) in [7, 11) is 0. The maximum atomic E-state index is 13.2. The van der Waals surface area contributed by atoms with E-state index in [9.17, 15) is 9.59 Å². The Bertz CT molecular complexity index is 1300. The number of anilines is 2. The summed E-state index contributed by atoms with van der Waals surface area (Å²) in [5.41, 5.74) is 4.30. The van der Waals surface area contributed by atoms with E-state index in [1.54, 1.807) is 0 Å². The SMILES string of the molecule is O=C(Nc1nc2ccc(NC(=O)[C@@H]3CCC[C@H](NCC4CCc5ncccc5C4)C3)cc2s1)C1CCCC1. The van der Waals surface area contributed by atoms with E-state index in [1.165, 1.54) is 29.0 Å². The van der Waals surface area contributed by atoms with Gasteiger partial charge >= 0.3 is 0 Å². The first kappa shape index (κ1) is 25.4. The zero-order valence-corrected chi connectivity index (χ0v) is 22.7. The molecule has 3 N–H and O–H groups in total. The Hall–Kier alpha value is -2.84. The van der Waals surface area contributed by atoms with Gasteiger partial charge in [-0.15, -0.1) is 0 Å². The molecule has 200 valence electrons. The number of aryl methyl sites for hydroxylation is 1. The minimum atomic E-state index is 0.0240. The van der Waals surface area contributed by atoms with E-state index in [-0.39, 0.29) is 23.7 Å². The Labute approximate surface area is 228 Å². The lowest BCUT2D eigenvalue weighted by Crippen LogP contribution is -2.40. The Morgan fingerprint density at radius 3 is 2.68 bits per heavy atom. The predicted octanol–water partition coefficient (Wildman–Crippen LogP) is 5.71. The Morgan fingerprint density at radius 1 is 0.947 bits per heavy atom. The normalized spacial score (nSPS) is 23.7. The van der Waals surface area contributed by atoms with E-state index in [2.05, 4.69) is 32.0 Å². The standard InChI is InChI=1S/C30H37N5O2S/c36-28(20-5-1-2-6-20)35-30-34-26-13-11-24(17-27(26)38-30)33-29(37)22-7-3-9-23(16-22)32-18-19-10-12-25-21(15-19)8-4-14-31-25/h4,8,11,13-14,17,19-20,22-23,32H,1-3,5-7,9-10,12,15-16,18H2,(H,33,37)(H,34,35,36)/t19?,22-,23+/m1/s1. The molecule has 2 heterocycles. The fraction of sp³-hybridized carbons (Fsp3) is 0.533. The molecule has 0 spiro atoms. The molecule has 2 saturated carbocycles. The molecule has 2 amide bonds. The largest absolute Gasteiger partial charge is 0.326 e. The molecule has 3 aromatic rings. The van der Waals surface area contributed by atoms with Crippen LogP contribution >= 0.6 is 11.3 Å². The first-order valence-electron chi connectivity index (χ1n) is 14.3. The molecule has 3 aliphatic carbocycles. The molecule has 7 nitrogen and oxygen atoms in total. The smallest absolute Gasteiger partial charge is 0.229 e. The average Bonchev–Trinajstić information content (AvgIpc) is 3.62. The van der Waals surface area contributed by atoms with Crippen LogP contribution in [0, 0.1) is 17.8 Å². The van der Waals surface area contributed by atoms with Crippen molar-refractivity contribution in [3.05, 3.63) is 47.8 Å². The van der Waals surface area contributed by atoms with Crippen molar-refractivity contribution in [1.29, 1.82) is 0 Å². The van der Waals surface area contributed by atoms with Crippen LogP contribution < -0.4 is 16.0 Å². The summed E-state index contributed by atoms with van der Waals surface area (Å²) in [6.45, 7) is 1.01. The highest BCUT2D eigenvalue weighted by Gasteiger charge is 2.28. The highest BCUT2D eigenvalue weighted by Crippen LogP contribution is 2.32. The molecule has 2 aromatic heterocycles. The first-order chi connectivity index (χ1) is 18.6. The van der Waals surface area contributed by atoms with Crippen molar-refractivity contribution in [3.63, 3.8) is 0 Å². The molecule has 3 aliphatic rings. The molecule has 0 bridgehead atoms. The quantitative estimate of drug-likeness (QED) is 0.363. The Morgan fingerprint density at radius 2 is 1.79 bits per heavy atom. The van der Waals surface area contributed by atoms with Gasteiger partial charge in [0.1, 0.15) is 0 Å². The monoisotopic (exact) mass is 531 g/mol. The maximum Gasteiger partial charge on any atom is 0.229 e. The number of nitrogens with zero attached hydrogens (tertiary/aromatic N) is 2. The van der Waals surface area contributed by atoms with Gasteiger partial charge in [-0.1, -0.05) is 36.7 Å². The molecule has 0 saturated heterocycles. The number of hydrogen-bond acceptors (Lipinski definition) is 6. The summed E-state index contributed by atoms with van der Waals surface area (Å²) < 4.78 is 0.969. The molecule has 2 fully saturated rings. The van der Waals surface area contributed by atoms with Crippen LogP contribution in [0.2, 0.25) is 0 Å². The predicted molar refractivity (Wildman–Crippen MR) is 152 cm³/mol. The maximum absolute atomic E-state index is 13.2. The molecule has 3 atom stereocenters. The zero-order chi connectivity index (χ0) is 25.9. The second kappa shape index (κ2) is 11.5. The fourth-order valence-corrected chi connectivity index (χ4v) is 7.36. The van der Waals surface area contributed by atoms with Crippen LogP contribution in [-0.4, -0.2) is 34.4 Å². The molecule has 6 rings (SSSR count). The summed E-state index contributed by atoms with van der Waals surface area (Å²) >= 11 is 1.47. The Kier molecular flexibility index (Phi) is 7.70. The van der Waals surface area contributed by atoms with Crippen LogP contribution in [0.25, 0.3) is 10.2 Å². The number of carbonyl (C=O) groups excluding carboxylic acids is 2. The van der Waals surface area contributed by atoms with Crippen LogP contribution in [0.4, 0.5) is 10.8 Å². The lowest BCUT2D eigenvalue weighted by Gasteiger charge is -2.31. The van der Waals surface area contributed by atoms with Crippen molar-refractivity contribution in [2.75, 3.05) is 17.2 Å². The average molecular weight is 532 g/mol. The van der Waals surface area contributed by atoms with E-state index >= 15 is 0 Å². The molecule has 0 aliphatic heterocycles. The van der Waals surface area contributed by atoms with Gasteiger partial charge in [0.25, 0.3) is 0 Å². The van der Waals surface area contributed by atoms with Crippen molar-refractivity contribution >= 4 is 44.2 Å². The topological polar surface area (TPSA) is 96.0 Å². The number of aromatic nitrogens is 2. The Balaban J connectivity index is 1.01. The summed E-state index contributed by atoms with van der Waals surface area (Å²) in [4.78, 5) is 34.8. The zero-order valence-electron chi connectivity index (χ0n) is 21.9. The first-order valence-corrected chi connectivity index (χ1v) is 15.1. The molecule has 0 radical (unpaired) electrons. The lowest BCUT2D eigenvalue weighted by molar-refractivity contribution is -0.121. The number of hydrogen-bond donors (Lipinski definition) is 3. The van der Waals surface area contributed by atoms with Gasteiger partial charge in [0.15, 0.2) is 5.13 Å². The minimum Gasteiger partial charge on any atom is -0.326 e. The van der Waals surface area contributed by atoms with Gasteiger partial charge in [-0.25, -0.2) is 4.98 Å². The van der Waals surface area contributed by atoms with Gasteiger partial charge in [0.05, 0.1) is 10.2 Å². The summed E-state index contributed by atoms with van der Waals surface area (Å²) in [6, 6.07) is 10.5. The van der Waals surface area contributed by atoms with E-state index in [4.69, 9.17) is 0 Å². The number of rotatable bonds is 7. The number of fused-ring (bicyclic) bond motifs is 2. The number of thiazole rings is 1. The lowest BCUT2D eigenvalue weighted by atomic mass is 9.83. The van der Waals surface area contributed by atoms with Crippen LogP contribution in [-0.2, 0) is 22.4 Å². The molecule has 38 heavy (non-hydrogen) atoms. The van der Waals surface area contributed by atoms with E-state index < -0.39 is 0 Å². The van der Waals surface area contributed by atoms with Crippen LogP contribution in [0.5, 0.6) is 0 Å². The number of amides is 2. The highest BCUT2D eigenvalue weighted by molar-refractivity contribution is 7.22. The van der Waals surface area contributed by atoms with Gasteiger partial charge in [-0.05, 0) is 93.7 Å². The van der Waals surface area contributed by atoms with Gasteiger partial charge in [-0.3, -0.25) is 14.6 Å². The number of carbonyl (C=O) groups is 2. The van der Waals surface area contributed by atoms with E-state index in [0.717, 1.165) is 86.7 Å². The minimum absolute atomic E-state index is 0.0240. The summed E-state index contributed by atoms with van der Waals surface area (Å²) in [5, 5.41) is 10.6. The van der Waals surface area contributed by atoms with Crippen LogP contribution in [0.15, 0.2) is 36.5 Å². The highest BCUT2D eigenvalue weighted by atomic mass is 32.1. The molecular formula is C30H37N5O2S. The molecule has 1 unspecified atom stereocenters. The van der Waals surface area contributed by atoms with Crippen LogP contribution in [0.3, 0.4) is 0 Å². The van der Waals surface area contributed by atoms with Gasteiger partial charge < -0.3 is 16.0 Å². The second-order valence-corrected chi connectivity index (χ2v) is 12.4. The third-order valence-electron chi connectivity index (χ3n) is 8.63. The second-order valence-electron chi connectivity index (χ2n) is 11.3. The van der Waals surface area contributed by atoms with Gasteiger partial charge in [0, 0.05) is 35.5 Å². The van der Waals surface area contributed by atoms with Gasteiger partial charge in [-0.2, -0.15) is 0 Å². The molecule has 1 aromatic carbocycles. The van der Waals surface area contributed by atoms with E-state index in [0.29, 0.717) is 17.1 Å². The fourth-order valence-electron chi connectivity index (χ4n) is 6.45. The number of benzene rings is 1. The van der Waals surface area contributed by atoms with Crippen molar-refractivity contribution in [3.8, 4) is 0 Å². The molecule has 8 heteroatoms. The van der Waals surface area contributed by atoms with Crippen molar-refractivity contribution in [2.45, 2.75) is 76.7 Å². The van der Waals surface area contributed by atoms with Crippen molar-refractivity contribution < 1.29 is 9.59 Å². The van der Waals surface area contributed by atoms with Crippen molar-refractivity contribution in [1.82, 2.24) is 15.3 Å².